The number of carboxylic acid groups (broad SMARTS) is 4. The Bertz CT molecular complexity index is 2970. The number of carbonyl (C=O) groups is 14. The van der Waals surface area contributed by atoms with E-state index in [2.05, 4.69) is 46.7 Å². The third-order valence-corrected chi connectivity index (χ3v) is 14.4. The summed E-state index contributed by atoms with van der Waals surface area (Å²) in [7, 11) is -4.90. The van der Waals surface area contributed by atoms with Crippen molar-refractivity contribution in [2.75, 3.05) is 13.1 Å². The summed E-state index contributed by atoms with van der Waals surface area (Å²) >= 11 is 0. The zero-order valence-electron chi connectivity index (χ0n) is 49.3. The highest BCUT2D eigenvalue weighted by Crippen LogP contribution is 2.23. The number of nitrogens with zero attached hydrogens (tertiary/aromatic N) is 1. The maximum atomic E-state index is 14.5. The Hall–Kier alpha value is -9.11. The molecule has 0 bridgehead atoms. The van der Waals surface area contributed by atoms with Gasteiger partial charge in [-0.25, -0.2) is 0 Å². The third-order valence-electron chi connectivity index (χ3n) is 14.0. The Morgan fingerprint density at radius 3 is 1.56 bits per heavy atom. The SMILES string of the molecule is CC[C@H](C)[C@H](NC(=O)[C@H](CCC(=O)O)NC(=O)[C@H](CCC(=O)O)NC(=O)[C@H](Cc1ccccc1)NC(=O)[C@@H](N)CC(=O)O)C(=O)N1CCC[C@H]1C(=O)NCC(=O)N[C@@H](CCC(=O)O)C(=O)N[C@@H](Cc1ccc(OS(=O)(=O)O)cc1)C(=O)N[C@H](C=O)CC(C)C. The summed E-state index contributed by atoms with van der Waals surface area (Å²) < 4.78 is 35.9. The minimum Gasteiger partial charge on any atom is -0.481 e. The molecule has 0 spiro atoms. The highest BCUT2D eigenvalue weighted by molar-refractivity contribution is 7.81. The molecule has 10 atom stereocenters. The van der Waals surface area contributed by atoms with E-state index in [0.717, 1.165) is 17.0 Å². The number of carbonyl (C=O) groups excluding carboxylic acids is 10. The standard InChI is InChI=1S/C56H78N10O22S/c1-5-31(4)48(65-52(80)39(19-22-46(73)74)61-51(79)38(18-21-45(71)72)62-54(82)41(25-32-10-7-6-8-11-32)63-49(77)36(57)27-47(75)76)56(84)66-23-9-12-42(66)55(83)58-28-43(68)60-37(17-20-44(69)70)50(78)64-40(53(81)59-34(29-67)24-30(2)3)26-33-13-15-35(16-14-33)88-89(85,86)87/h6-8,10-11,13-16,29-31,34,36-42,48H,5,9,12,17-28,57H2,1-4H3,(H,58,83)(H,59,81)(H,60,68)(H,61,79)(H,62,82)(H,63,77)(H,64,78)(H,65,80)(H,69,70)(H,71,72)(H,73,74)(H,75,76)(H,85,86,87)/t31-,34-,36-,37-,38-,39-,40-,41-,42-,48-/m0/s1. The summed E-state index contributed by atoms with van der Waals surface area (Å²) in [5.41, 5.74) is 6.51. The number of nitrogens with two attached hydrogens (primary N) is 1. The minimum atomic E-state index is -4.90. The van der Waals surface area contributed by atoms with Crippen molar-refractivity contribution in [3.63, 3.8) is 0 Å². The van der Waals surface area contributed by atoms with Crippen LogP contribution < -0.4 is 52.5 Å². The zero-order valence-corrected chi connectivity index (χ0v) is 50.2. The predicted molar refractivity (Wildman–Crippen MR) is 310 cm³/mol. The molecule has 490 valence electrons. The predicted octanol–water partition coefficient (Wildman–Crippen LogP) is -2.16. The summed E-state index contributed by atoms with van der Waals surface area (Å²) in [5.74, 6) is -15.8. The van der Waals surface area contributed by atoms with E-state index in [1.54, 1.807) is 58.0 Å². The number of nitrogens with one attached hydrogen (secondary N) is 8. The fourth-order valence-electron chi connectivity index (χ4n) is 9.18. The first-order chi connectivity index (χ1) is 41.8. The van der Waals surface area contributed by atoms with Gasteiger partial charge in [-0.3, -0.25) is 66.9 Å². The Labute approximate surface area is 511 Å². The van der Waals surface area contributed by atoms with E-state index in [1.807, 2.05) is 0 Å². The van der Waals surface area contributed by atoms with Crippen molar-refractivity contribution >= 4 is 93.7 Å². The van der Waals surface area contributed by atoms with Gasteiger partial charge in [-0.2, -0.15) is 8.42 Å². The molecular weight excluding hydrogens is 1200 g/mol. The van der Waals surface area contributed by atoms with Gasteiger partial charge in [0.1, 0.15) is 54.3 Å². The van der Waals surface area contributed by atoms with Crippen molar-refractivity contribution in [3.05, 3.63) is 65.7 Å². The maximum absolute atomic E-state index is 14.5. The van der Waals surface area contributed by atoms with E-state index in [9.17, 15) is 96.0 Å². The number of aldehydes is 1. The van der Waals surface area contributed by atoms with E-state index in [1.165, 1.54) is 12.1 Å². The number of carboxylic acids is 4. The highest BCUT2D eigenvalue weighted by Gasteiger charge is 2.41. The average Bonchev–Trinajstić information content (AvgIpc) is 3.05. The van der Waals surface area contributed by atoms with Crippen LogP contribution in [-0.2, 0) is 90.4 Å². The molecule has 3 rings (SSSR count). The van der Waals surface area contributed by atoms with Crippen LogP contribution in [0.1, 0.15) is 109 Å². The molecule has 2 aromatic carbocycles. The molecule has 89 heavy (non-hydrogen) atoms. The van der Waals surface area contributed by atoms with Gasteiger partial charge < -0.3 is 82.6 Å². The molecular formula is C56H78N10O22S. The fourth-order valence-corrected chi connectivity index (χ4v) is 9.54. The molecule has 1 heterocycles. The molecule has 9 amide bonds. The van der Waals surface area contributed by atoms with Gasteiger partial charge in [0.2, 0.25) is 53.2 Å². The van der Waals surface area contributed by atoms with Crippen molar-refractivity contribution in [2.45, 2.75) is 166 Å². The molecule has 0 unspecified atom stereocenters. The number of hydrogen-bond acceptors (Lipinski definition) is 18. The number of rotatable bonds is 39. The van der Waals surface area contributed by atoms with E-state index in [0.29, 0.717) is 17.4 Å². The Morgan fingerprint density at radius 2 is 1.09 bits per heavy atom. The van der Waals surface area contributed by atoms with Gasteiger partial charge in [0.05, 0.1) is 25.0 Å². The van der Waals surface area contributed by atoms with Crippen molar-refractivity contribution in [2.24, 2.45) is 17.6 Å². The number of hydrogen-bond donors (Lipinski definition) is 14. The number of likely N-dealkylation sites (tertiary alicyclic amines) is 1. The summed E-state index contributed by atoms with van der Waals surface area (Å²) in [4.78, 5) is 184. The Balaban J connectivity index is 1.84. The average molecular weight is 1280 g/mol. The quantitative estimate of drug-likeness (QED) is 0.0250. The molecule has 0 saturated carbocycles. The topological polar surface area (TPSA) is 509 Å². The summed E-state index contributed by atoms with van der Waals surface area (Å²) in [5, 5.41) is 57.2. The lowest BCUT2D eigenvalue weighted by Gasteiger charge is -2.32. The van der Waals surface area contributed by atoms with Crippen molar-refractivity contribution < 1.29 is 105 Å². The largest absolute Gasteiger partial charge is 0.481 e. The lowest BCUT2D eigenvalue weighted by atomic mass is 9.96. The Kier molecular flexibility index (Phi) is 30.2. The first kappa shape index (κ1) is 74.1. The smallest absolute Gasteiger partial charge is 0.446 e. The number of amides is 9. The first-order valence-corrected chi connectivity index (χ1v) is 29.7. The molecule has 2 aromatic rings. The van der Waals surface area contributed by atoms with Gasteiger partial charge in [0, 0.05) is 38.6 Å². The van der Waals surface area contributed by atoms with Gasteiger partial charge in [-0.1, -0.05) is 76.6 Å². The second-order valence-corrected chi connectivity index (χ2v) is 22.6. The Morgan fingerprint density at radius 1 is 0.629 bits per heavy atom. The molecule has 15 N–H and O–H groups in total. The van der Waals surface area contributed by atoms with Crippen LogP contribution in [-0.4, -0.2) is 189 Å². The van der Waals surface area contributed by atoms with Gasteiger partial charge in [-0.15, -0.1) is 0 Å². The van der Waals surface area contributed by atoms with Crippen LogP contribution in [0.15, 0.2) is 54.6 Å². The van der Waals surface area contributed by atoms with Gasteiger partial charge in [0.25, 0.3) is 0 Å². The van der Waals surface area contributed by atoms with Crippen LogP contribution in [0.2, 0.25) is 0 Å². The molecule has 1 aliphatic heterocycles. The van der Waals surface area contributed by atoms with Crippen LogP contribution in [0, 0.1) is 11.8 Å². The molecule has 1 aliphatic rings. The monoisotopic (exact) mass is 1270 g/mol. The third kappa shape index (κ3) is 26.8. The second-order valence-electron chi connectivity index (χ2n) is 21.6. The van der Waals surface area contributed by atoms with E-state index < -0.39 is 199 Å². The van der Waals surface area contributed by atoms with Gasteiger partial charge >= 0.3 is 34.3 Å². The molecule has 0 aromatic heterocycles. The lowest BCUT2D eigenvalue weighted by molar-refractivity contribution is -0.143. The summed E-state index contributed by atoms with van der Waals surface area (Å²) in [6, 6.07) is -0.612. The first-order valence-electron chi connectivity index (χ1n) is 28.4. The van der Waals surface area contributed by atoms with Crippen LogP contribution in [0.4, 0.5) is 0 Å². The van der Waals surface area contributed by atoms with Crippen molar-refractivity contribution in [1.82, 2.24) is 47.4 Å². The zero-order chi connectivity index (χ0) is 66.7. The minimum absolute atomic E-state index is 0.0393. The van der Waals surface area contributed by atoms with Gasteiger partial charge in [0.15, 0.2) is 0 Å². The van der Waals surface area contributed by atoms with Gasteiger partial charge in [-0.05, 0) is 73.6 Å². The molecule has 1 fully saturated rings. The van der Waals surface area contributed by atoms with Crippen LogP contribution in [0.3, 0.4) is 0 Å². The number of aliphatic carboxylic acids is 4. The van der Waals surface area contributed by atoms with Crippen molar-refractivity contribution in [1.29, 1.82) is 0 Å². The molecule has 0 aliphatic carbocycles. The lowest BCUT2D eigenvalue weighted by Crippen LogP contribution is -2.60. The van der Waals surface area contributed by atoms with Crippen LogP contribution in [0.25, 0.3) is 0 Å². The van der Waals surface area contributed by atoms with E-state index in [-0.39, 0.29) is 56.7 Å². The molecule has 32 nitrogen and oxygen atoms in total. The van der Waals surface area contributed by atoms with E-state index in [4.69, 9.17) is 10.3 Å². The highest BCUT2D eigenvalue weighted by atomic mass is 32.3. The fraction of sp³-hybridized carbons (Fsp3) is 0.536. The second kappa shape index (κ2) is 36.3. The van der Waals surface area contributed by atoms with Crippen LogP contribution in [0.5, 0.6) is 5.75 Å². The van der Waals surface area contributed by atoms with Crippen molar-refractivity contribution in [3.8, 4) is 5.75 Å². The molecule has 33 heteroatoms. The number of benzene rings is 2. The normalized spacial score (nSPS) is 15.9. The van der Waals surface area contributed by atoms with Crippen LogP contribution >= 0.6 is 0 Å². The van der Waals surface area contributed by atoms with E-state index >= 15 is 0 Å². The summed E-state index contributed by atoms with van der Waals surface area (Å²) in [6.45, 7) is 5.91. The molecule has 0 radical (unpaired) electrons. The maximum Gasteiger partial charge on any atom is 0.446 e. The summed E-state index contributed by atoms with van der Waals surface area (Å²) in [6.07, 6.45) is -4.08. The molecule has 1 saturated heterocycles.